The summed E-state index contributed by atoms with van der Waals surface area (Å²) in [5.41, 5.74) is 3.80. The average molecular weight is 269 g/mol. The lowest BCUT2D eigenvalue weighted by molar-refractivity contribution is 0.283. The predicted octanol–water partition coefficient (Wildman–Crippen LogP) is 3.09. The fourth-order valence-corrected chi connectivity index (χ4v) is 4.11. The van der Waals surface area contributed by atoms with Gasteiger partial charge in [0.25, 0.3) is 0 Å². The minimum atomic E-state index is 0.973. The summed E-state index contributed by atoms with van der Waals surface area (Å²) in [5.74, 6) is 0. The van der Waals surface area contributed by atoms with Gasteiger partial charge < -0.3 is 0 Å². The van der Waals surface area contributed by atoms with Crippen LogP contribution in [-0.2, 0) is 13.0 Å². The summed E-state index contributed by atoms with van der Waals surface area (Å²) in [7, 11) is 0. The third-order valence-corrected chi connectivity index (χ3v) is 4.82. The summed E-state index contributed by atoms with van der Waals surface area (Å²) < 4.78 is 2.35. The van der Waals surface area contributed by atoms with E-state index in [-0.39, 0.29) is 0 Å². The first-order valence-electron chi connectivity index (χ1n) is 6.58. The van der Waals surface area contributed by atoms with Gasteiger partial charge in [0.1, 0.15) is 0 Å². The number of nitrogens with zero attached hydrogens (tertiary/aromatic N) is 3. The fraction of sp³-hybridized carbons (Fsp3) is 0.267. The lowest BCUT2D eigenvalue weighted by Gasteiger charge is -2.25. The quantitative estimate of drug-likeness (QED) is 0.666. The van der Waals surface area contributed by atoms with Crippen LogP contribution < -0.4 is 0 Å². The van der Waals surface area contributed by atoms with E-state index in [4.69, 9.17) is 4.98 Å². The zero-order valence-electron chi connectivity index (χ0n) is 10.7. The highest BCUT2D eigenvalue weighted by atomic mass is 32.1. The van der Waals surface area contributed by atoms with Gasteiger partial charge in [0.2, 0.25) is 0 Å². The Labute approximate surface area is 115 Å². The summed E-state index contributed by atoms with van der Waals surface area (Å²) in [6.07, 6.45) is 3.09. The number of hydrogen-bond acceptors (Lipinski definition) is 3. The van der Waals surface area contributed by atoms with Crippen molar-refractivity contribution in [1.29, 1.82) is 0 Å². The van der Waals surface area contributed by atoms with Crippen LogP contribution in [0.15, 0.2) is 36.9 Å². The second kappa shape index (κ2) is 4.18. The van der Waals surface area contributed by atoms with Gasteiger partial charge in [0.15, 0.2) is 4.96 Å². The van der Waals surface area contributed by atoms with Crippen LogP contribution in [0, 0.1) is 0 Å². The van der Waals surface area contributed by atoms with Crippen LogP contribution in [0.1, 0.15) is 10.6 Å². The number of imidazole rings is 1. The molecule has 0 atom stereocenters. The molecule has 19 heavy (non-hydrogen) atoms. The van der Waals surface area contributed by atoms with Gasteiger partial charge in [-0.15, -0.1) is 6.58 Å². The molecule has 1 aliphatic heterocycles. The second-order valence-electron chi connectivity index (χ2n) is 4.96. The van der Waals surface area contributed by atoms with Gasteiger partial charge in [-0.05, 0) is 12.1 Å². The van der Waals surface area contributed by atoms with Gasteiger partial charge >= 0.3 is 0 Å². The maximum atomic E-state index is 4.73. The predicted molar refractivity (Wildman–Crippen MR) is 79.8 cm³/mol. The third-order valence-electron chi connectivity index (χ3n) is 3.76. The molecule has 1 aromatic carbocycles. The Morgan fingerprint density at radius 2 is 2.26 bits per heavy atom. The van der Waals surface area contributed by atoms with Crippen LogP contribution in [-0.4, -0.2) is 27.4 Å². The van der Waals surface area contributed by atoms with Crippen LogP contribution in [0.2, 0.25) is 0 Å². The molecule has 0 amide bonds. The van der Waals surface area contributed by atoms with Crippen molar-refractivity contribution in [3.05, 3.63) is 47.5 Å². The highest BCUT2D eigenvalue weighted by Gasteiger charge is 2.22. The highest BCUT2D eigenvalue weighted by Crippen LogP contribution is 2.31. The molecule has 0 saturated heterocycles. The molecule has 0 unspecified atom stereocenters. The molecule has 0 spiro atoms. The summed E-state index contributed by atoms with van der Waals surface area (Å²) in [6, 6.07) is 8.40. The molecule has 0 N–H and O–H groups in total. The Bertz CT molecular complexity index is 768. The van der Waals surface area contributed by atoms with E-state index in [1.54, 1.807) is 0 Å². The molecular weight excluding hydrogens is 254 g/mol. The number of hydrogen-bond donors (Lipinski definition) is 0. The van der Waals surface area contributed by atoms with Crippen molar-refractivity contribution in [3.63, 3.8) is 0 Å². The van der Waals surface area contributed by atoms with E-state index in [2.05, 4.69) is 40.1 Å². The Kier molecular flexibility index (Phi) is 2.47. The Morgan fingerprint density at radius 3 is 3.16 bits per heavy atom. The second-order valence-corrected chi connectivity index (χ2v) is 6.03. The van der Waals surface area contributed by atoms with Crippen molar-refractivity contribution in [2.45, 2.75) is 13.0 Å². The molecule has 4 heteroatoms. The molecule has 4 rings (SSSR count). The summed E-state index contributed by atoms with van der Waals surface area (Å²) in [5, 5.41) is 0. The summed E-state index contributed by atoms with van der Waals surface area (Å²) in [6.45, 7) is 6.94. The van der Waals surface area contributed by atoms with Crippen molar-refractivity contribution >= 4 is 27.3 Å². The van der Waals surface area contributed by atoms with Crippen molar-refractivity contribution in [2.75, 3.05) is 13.1 Å². The molecule has 0 aliphatic carbocycles. The van der Waals surface area contributed by atoms with Crippen LogP contribution in [0.4, 0.5) is 0 Å². The Morgan fingerprint density at radius 1 is 1.37 bits per heavy atom. The monoisotopic (exact) mass is 269 g/mol. The molecule has 3 nitrogen and oxygen atoms in total. The molecular formula is C15H15N3S. The fourth-order valence-electron chi connectivity index (χ4n) is 2.89. The molecule has 0 bridgehead atoms. The SMILES string of the molecule is C=CCN1CCc2c(sc3nc4ccccc4n23)C1. The minimum absolute atomic E-state index is 0.973. The van der Waals surface area contributed by atoms with E-state index in [0.29, 0.717) is 0 Å². The maximum Gasteiger partial charge on any atom is 0.195 e. The van der Waals surface area contributed by atoms with E-state index >= 15 is 0 Å². The van der Waals surface area contributed by atoms with Gasteiger partial charge in [-0.25, -0.2) is 4.98 Å². The molecule has 1 aliphatic rings. The first-order valence-corrected chi connectivity index (χ1v) is 7.39. The van der Waals surface area contributed by atoms with E-state index in [1.807, 2.05) is 17.4 Å². The van der Waals surface area contributed by atoms with Crippen LogP contribution in [0.5, 0.6) is 0 Å². The number of aromatic nitrogens is 2. The van der Waals surface area contributed by atoms with E-state index < -0.39 is 0 Å². The summed E-state index contributed by atoms with van der Waals surface area (Å²) in [4.78, 5) is 9.76. The van der Waals surface area contributed by atoms with Crippen molar-refractivity contribution in [2.24, 2.45) is 0 Å². The van der Waals surface area contributed by atoms with Crippen molar-refractivity contribution < 1.29 is 0 Å². The minimum Gasteiger partial charge on any atom is -0.294 e. The molecule has 2 aromatic heterocycles. The van der Waals surface area contributed by atoms with E-state index in [0.717, 1.165) is 36.5 Å². The van der Waals surface area contributed by atoms with Gasteiger partial charge in [-0.2, -0.15) is 0 Å². The first kappa shape index (κ1) is 11.2. The zero-order valence-corrected chi connectivity index (χ0v) is 11.5. The van der Waals surface area contributed by atoms with Gasteiger partial charge in [-0.1, -0.05) is 29.5 Å². The van der Waals surface area contributed by atoms with Gasteiger partial charge in [-0.3, -0.25) is 9.30 Å². The van der Waals surface area contributed by atoms with Crippen molar-refractivity contribution in [3.8, 4) is 0 Å². The number of rotatable bonds is 2. The smallest absolute Gasteiger partial charge is 0.195 e. The zero-order chi connectivity index (χ0) is 12.8. The van der Waals surface area contributed by atoms with Crippen LogP contribution in [0.3, 0.4) is 0 Å². The van der Waals surface area contributed by atoms with E-state index in [9.17, 15) is 0 Å². The molecule has 96 valence electrons. The number of thiazole rings is 1. The average Bonchev–Trinajstić information content (AvgIpc) is 2.93. The largest absolute Gasteiger partial charge is 0.294 e. The van der Waals surface area contributed by atoms with Gasteiger partial charge in [0, 0.05) is 36.6 Å². The Balaban J connectivity index is 1.89. The number of fused-ring (bicyclic) bond motifs is 5. The Hall–Kier alpha value is -1.65. The lowest BCUT2D eigenvalue weighted by atomic mass is 10.1. The maximum absolute atomic E-state index is 4.73. The molecule has 0 fully saturated rings. The van der Waals surface area contributed by atoms with Gasteiger partial charge in [0.05, 0.1) is 11.0 Å². The number of para-hydroxylation sites is 2. The van der Waals surface area contributed by atoms with Crippen molar-refractivity contribution in [1.82, 2.24) is 14.3 Å². The topological polar surface area (TPSA) is 20.5 Å². The first-order chi connectivity index (χ1) is 9.36. The highest BCUT2D eigenvalue weighted by molar-refractivity contribution is 7.17. The normalized spacial score (nSPS) is 16.0. The lowest BCUT2D eigenvalue weighted by Crippen LogP contribution is -2.30. The van der Waals surface area contributed by atoms with E-state index in [1.165, 1.54) is 16.1 Å². The molecule has 0 saturated carbocycles. The number of benzene rings is 1. The standard InChI is InChI=1S/C15H15N3S/c1-2-8-17-9-7-13-14(10-17)19-15-16-11-5-3-4-6-12(11)18(13)15/h2-6H,1,7-10H2. The third kappa shape index (κ3) is 1.64. The molecule has 3 heterocycles. The van der Waals surface area contributed by atoms with Crippen LogP contribution >= 0.6 is 11.3 Å². The van der Waals surface area contributed by atoms with Crippen LogP contribution in [0.25, 0.3) is 16.0 Å². The molecule has 0 radical (unpaired) electrons. The summed E-state index contributed by atoms with van der Waals surface area (Å²) >= 11 is 1.83. The molecule has 3 aromatic rings.